The van der Waals surface area contributed by atoms with Crippen molar-refractivity contribution in [2.24, 2.45) is 0 Å². The Bertz CT molecular complexity index is 328. The Kier molecular flexibility index (Phi) is 4.57. The number of benzene rings is 1. The summed E-state index contributed by atoms with van der Waals surface area (Å²) in [6.45, 7) is 7.91. The van der Waals surface area contributed by atoms with Gasteiger partial charge in [0.1, 0.15) is 0 Å². The van der Waals surface area contributed by atoms with E-state index in [1.165, 1.54) is 11.1 Å². The second kappa shape index (κ2) is 5.72. The molecule has 1 rings (SSSR count). The van der Waals surface area contributed by atoms with Crippen molar-refractivity contribution in [3.8, 4) is 0 Å². The molecule has 0 saturated heterocycles. The molecule has 0 saturated carbocycles. The molecule has 1 N–H and O–H groups in total. The first-order chi connectivity index (χ1) is 7.08. The van der Waals surface area contributed by atoms with E-state index in [0.717, 1.165) is 24.8 Å². The predicted molar refractivity (Wildman–Crippen MR) is 64.9 cm³/mol. The molecule has 0 aliphatic carbocycles. The number of aryl methyl sites for hydroxylation is 1. The van der Waals surface area contributed by atoms with Crippen LogP contribution in [0.25, 0.3) is 0 Å². The van der Waals surface area contributed by atoms with Gasteiger partial charge in [0.2, 0.25) is 0 Å². The molecule has 1 heteroatoms. The number of allylic oxidation sites excluding steroid dienone is 1. The molecule has 1 unspecified atom stereocenters. The van der Waals surface area contributed by atoms with Gasteiger partial charge in [-0.3, -0.25) is 0 Å². The van der Waals surface area contributed by atoms with Gasteiger partial charge in [-0.15, -0.1) is 6.58 Å². The van der Waals surface area contributed by atoms with Gasteiger partial charge in [-0.25, -0.2) is 0 Å². The summed E-state index contributed by atoms with van der Waals surface area (Å²) in [6.07, 6.45) is 2.22. The highest BCUT2D eigenvalue weighted by molar-refractivity contribution is 5.22. The fraction of sp³-hybridized carbons (Fsp3) is 0.429. The summed E-state index contributed by atoms with van der Waals surface area (Å²) < 4.78 is 0. The molecule has 82 valence electrons. The molecule has 1 aromatic rings. The van der Waals surface area contributed by atoms with Crippen LogP contribution in [-0.2, 0) is 6.42 Å². The van der Waals surface area contributed by atoms with Gasteiger partial charge in [-0.05, 0) is 38.7 Å². The third-order valence-electron chi connectivity index (χ3n) is 2.46. The summed E-state index contributed by atoms with van der Waals surface area (Å²) in [4.78, 5) is 0. The standard InChI is InChI=1S/C14H20O/c1-11(2)7-8-14(15)10-13-6-4-5-12(3)9-13/h4-6,9,14-15H,1,7-8,10H2,2-3H3. The molecule has 0 bridgehead atoms. The lowest BCUT2D eigenvalue weighted by Gasteiger charge is -2.10. The Morgan fingerprint density at radius 1 is 1.47 bits per heavy atom. The summed E-state index contributed by atoms with van der Waals surface area (Å²) in [5.41, 5.74) is 3.60. The lowest BCUT2D eigenvalue weighted by Crippen LogP contribution is -2.10. The van der Waals surface area contributed by atoms with E-state index in [1.54, 1.807) is 0 Å². The Morgan fingerprint density at radius 3 is 2.80 bits per heavy atom. The van der Waals surface area contributed by atoms with Crippen molar-refractivity contribution in [1.82, 2.24) is 0 Å². The SMILES string of the molecule is C=C(C)CCC(O)Cc1cccc(C)c1. The molecule has 0 fully saturated rings. The molecule has 0 aliphatic heterocycles. The van der Waals surface area contributed by atoms with Crippen LogP contribution in [0.15, 0.2) is 36.4 Å². The first kappa shape index (κ1) is 12.0. The molecular weight excluding hydrogens is 184 g/mol. The molecule has 0 amide bonds. The second-order valence-corrected chi connectivity index (χ2v) is 4.34. The lowest BCUT2D eigenvalue weighted by molar-refractivity contribution is 0.165. The van der Waals surface area contributed by atoms with Crippen LogP contribution in [0.3, 0.4) is 0 Å². The van der Waals surface area contributed by atoms with E-state index >= 15 is 0 Å². The van der Waals surface area contributed by atoms with Crippen LogP contribution >= 0.6 is 0 Å². The molecular formula is C14H20O. The lowest BCUT2D eigenvalue weighted by atomic mass is 10.0. The molecule has 0 heterocycles. The third-order valence-corrected chi connectivity index (χ3v) is 2.46. The zero-order valence-electron chi connectivity index (χ0n) is 9.66. The maximum absolute atomic E-state index is 9.80. The Morgan fingerprint density at radius 2 is 2.20 bits per heavy atom. The average Bonchev–Trinajstić information content (AvgIpc) is 2.15. The minimum Gasteiger partial charge on any atom is -0.393 e. The van der Waals surface area contributed by atoms with Gasteiger partial charge in [0, 0.05) is 0 Å². The molecule has 0 spiro atoms. The van der Waals surface area contributed by atoms with E-state index in [-0.39, 0.29) is 6.10 Å². The molecule has 1 aromatic carbocycles. The third kappa shape index (κ3) is 4.80. The monoisotopic (exact) mass is 204 g/mol. The van der Waals surface area contributed by atoms with E-state index in [0.29, 0.717) is 0 Å². The summed E-state index contributed by atoms with van der Waals surface area (Å²) >= 11 is 0. The number of hydrogen-bond donors (Lipinski definition) is 1. The summed E-state index contributed by atoms with van der Waals surface area (Å²) in [6, 6.07) is 8.31. The highest BCUT2D eigenvalue weighted by atomic mass is 16.3. The van der Waals surface area contributed by atoms with Gasteiger partial charge in [0.15, 0.2) is 0 Å². The van der Waals surface area contributed by atoms with Gasteiger partial charge < -0.3 is 5.11 Å². The van der Waals surface area contributed by atoms with Crippen molar-refractivity contribution in [3.05, 3.63) is 47.5 Å². The number of rotatable bonds is 5. The van der Waals surface area contributed by atoms with Gasteiger partial charge >= 0.3 is 0 Å². The van der Waals surface area contributed by atoms with Crippen molar-refractivity contribution >= 4 is 0 Å². The normalized spacial score (nSPS) is 12.5. The van der Waals surface area contributed by atoms with E-state index in [1.807, 2.05) is 13.0 Å². The van der Waals surface area contributed by atoms with E-state index < -0.39 is 0 Å². The van der Waals surface area contributed by atoms with Crippen molar-refractivity contribution in [3.63, 3.8) is 0 Å². The van der Waals surface area contributed by atoms with Crippen molar-refractivity contribution in [2.45, 2.75) is 39.2 Å². The van der Waals surface area contributed by atoms with E-state index in [2.05, 4.69) is 31.7 Å². The number of aliphatic hydroxyl groups is 1. The molecule has 1 atom stereocenters. The minimum atomic E-state index is -0.247. The fourth-order valence-corrected chi connectivity index (χ4v) is 1.63. The molecule has 1 nitrogen and oxygen atoms in total. The van der Waals surface area contributed by atoms with Gasteiger partial charge in [0.05, 0.1) is 6.10 Å². The smallest absolute Gasteiger partial charge is 0.0583 e. The van der Waals surface area contributed by atoms with Crippen LogP contribution in [0, 0.1) is 6.92 Å². The second-order valence-electron chi connectivity index (χ2n) is 4.34. The van der Waals surface area contributed by atoms with Crippen LogP contribution in [0.2, 0.25) is 0 Å². The highest BCUT2D eigenvalue weighted by Crippen LogP contribution is 2.11. The quantitative estimate of drug-likeness (QED) is 0.730. The zero-order valence-corrected chi connectivity index (χ0v) is 9.66. The zero-order chi connectivity index (χ0) is 11.3. The fourth-order valence-electron chi connectivity index (χ4n) is 1.63. The first-order valence-electron chi connectivity index (χ1n) is 5.46. The molecule has 0 aliphatic rings. The van der Waals surface area contributed by atoms with Crippen LogP contribution in [0.5, 0.6) is 0 Å². The van der Waals surface area contributed by atoms with E-state index in [4.69, 9.17) is 0 Å². The van der Waals surface area contributed by atoms with E-state index in [9.17, 15) is 5.11 Å². The topological polar surface area (TPSA) is 20.2 Å². The largest absolute Gasteiger partial charge is 0.393 e. The number of aliphatic hydroxyl groups excluding tert-OH is 1. The molecule has 0 aromatic heterocycles. The molecule has 15 heavy (non-hydrogen) atoms. The maximum atomic E-state index is 9.80. The maximum Gasteiger partial charge on any atom is 0.0583 e. The van der Waals surface area contributed by atoms with Crippen molar-refractivity contribution in [1.29, 1.82) is 0 Å². The van der Waals surface area contributed by atoms with Crippen molar-refractivity contribution in [2.75, 3.05) is 0 Å². The van der Waals surface area contributed by atoms with Gasteiger partial charge in [-0.1, -0.05) is 35.4 Å². The Balaban J connectivity index is 2.44. The van der Waals surface area contributed by atoms with Crippen LogP contribution in [0.4, 0.5) is 0 Å². The Labute approximate surface area is 92.5 Å². The first-order valence-corrected chi connectivity index (χ1v) is 5.46. The highest BCUT2D eigenvalue weighted by Gasteiger charge is 2.05. The Hall–Kier alpha value is -1.08. The minimum absolute atomic E-state index is 0.247. The van der Waals surface area contributed by atoms with Gasteiger partial charge in [-0.2, -0.15) is 0 Å². The van der Waals surface area contributed by atoms with Crippen LogP contribution in [-0.4, -0.2) is 11.2 Å². The summed E-state index contributed by atoms with van der Waals surface area (Å²) in [5, 5.41) is 9.80. The molecule has 0 radical (unpaired) electrons. The van der Waals surface area contributed by atoms with Crippen LogP contribution < -0.4 is 0 Å². The van der Waals surface area contributed by atoms with Gasteiger partial charge in [0.25, 0.3) is 0 Å². The number of hydrogen-bond acceptors (Lipinski definition) is 1. The van der Waals surface area contributed by atoms with Crippen LogP contribution in [0.1, 0.15) is 30.9 Å². The summed E-state index contributed by atoms with van der Waals surface area (Å²) in [5.74, 6) is 0. The predicted octanol–water partition coefficient (Wildman–Crippen LogP) is 3.25. The summed E-state index contributed by atoms with van der Waals surface area (Å²) in [7, 11) is 0. The van der Waals surface area contributed by atoms with Crippen molar-refractivity contribution < 1.29 is 5.11 Å². The average molecular weight is 204 g/mol.